The van der Waals surface area contributed by atoms with E-state index < -0.39 is 11.7 Å². The van der Waals surface area contributed by atoms with Crippen LogP contribution in [-0.2, 0) is 12.6 Å². The molecule has 0 spiro atoms. The van der Waals surface area contributed by atoms with Gasteiger partial charge in [0.2, 0.25) is 0 Å². The van der Waals surface area contributed by atoms with E-state index in [0.29, 0.717) is 19.5 Å². The Morgan fingerprint density at radius 1 is 1.15 bits per heavy atom. The Balaban J connectivity index is 1.87. The number of alkyl halides is 3. The summed E-state index contributed by atoms with van der Waals surface area (Å²) in [4.78, 5) is 2.13. The van der Waals surface area contributed by atoms with Gasteiger partial charge in [0.1, 0.15) is 11.9 Å². The molecule has 0 radical (unpaired) electrons. The Hall–Kier alpha value is -2.52. The van der Waals surface area contributed by atoms with Crippen molar-refractivity contribution in [3.63, 3.8) is 0 Å². The third kappa shape index (κ3) is 4.36. The normalized spacial score (nSPS) is 17.8. The number of nitriles is 1. The monoisotopic (exact) mass is 360 g/mol. The summed E-state index contributed by atoms with van der Waals surface area (Å²) in [5, 5.41) is 8.83. The highest BCUT2D eigenvalue weighted by molar-refractivity contribution is 5.34. The first-order chi connectivity index (χ1) is 12.5. The quantitative estimate of drug-likeness (QED) is 0.800. The van der Waals surface area contributed by atoms with E-state index in [2.05, 4.69) is 11.0 Å². The minimum Gasteiger partial charge on any atom is -0.484 e. The maximum atomic E-state index is 13.0. The number of hydrogen-bond acceptors (Lipinski definition) is 3. The Morgan fingerprint density at radius 2 is 1.96 bits per heavy atom. The number of hydrogen-bond donors (Lipinski definition) is 0. The van der Waals surface area contributed by atoms with E-state index in [-0.39, 0.29) is 11.9 Å². The summed E-state index contributed by atoms with van der Waals surface area (Å²) in [6, 6.07) is 14.9. The molecule has 0 saturated heterocycles. The fourth-order valence-electron chi connectivity index (χ4n) is 3.20. The van der Waals surface area contributed by atoms with Crippen LogP contribution < -0.4 is 4.74 Å². The lowest BCUT2D eigenvalue weighted by Crippen LogP contribution is -2.31. The van der Waals surface area contributed by atoms with Crippen molar-refractivity contribution in [2.75, 3.05) is 19.6 Å². The average molecular weight is 360 g/mol. The Bertz CT molecular complexity index is 798. The van der Waals surface area contributed by atoms with E-state index >= 15 is 0 Å². The average Bonchev–Trinajstić information content (AvgIpc) is 2.79. The molecular weight excluding hydrogens is 341 g/mol. The molecule has 6 heteroatoms. The van der Waals surface area contributed by atoms with E-state index in [1.165, 1.54) is 6.07 Å². The van der Waals surface area contributed by atoms with Crippen LogP contribution in [-0.4, -0.2) is 24.5 Å². The number of ether oxygens (including phenoxy) is 1. The molecule has 0 amide bonds. The highest BCUT2D eigenvalue weighted by Crippen LogP contribution is 2.34. The molecular formula is C20H19F3N2O. The molecule has 0 bridgehead atoms. The lowest BCUT2D eigenvalue weighted by atomic mass is 10.0. The fourth-order valence-corrected chi connectivity index (χ4v) is 3.20. The molecule has 0 saturated carbocycles. The van der Waals surface area contributed by atoms with Crippen LogP contribution in [0.3, 0.4) is 0 Å². The van der Waals surface area contributed by atoms with Gasteiger partial charge in [-0.2, -0.15) is 18.4 Å². The molecule has 0 aliphatic carbocycles. The number of fused-ring (bicyclic) bond motifs is 1. The molecule has 2 aromatic rings. The van der Waals surface area contributed by atoms with Crippen molar-refractivity contribution in [2.45, 2.75) is 25.1 Å². The summed E-state index contributed by atoms with van der Waals surface area (Å²) >= 11 is 0. The van der Waals surface area contributed by atoms with Gasteiger partial charge in [0.25, 0.3) is 0 Å². The van der Waals surface area contributed by atoms with Gasteiger partial charge in [-0.3, -0.25) is 4.90 Å². The van der Waals surface area contributed by atoms with Crippen molar-refractivity contribution < 1.29 is 17.9 Å². The van der Waals surface area contributed by atoms with Gasteiger partial charge in [-0.25, -0.2) is 0 Å². The van der Waals surface area contributed by atoms with Crippen molar-refractivity contribution >= 4 is 0 Å². The van der Waals surface area contributed by atoms with Crippen molar-refractivity contribution in [1.82, 2.24) is 4.90 Å². The number of halogens is 3. The second-order valence-electron chi connectivity index (χ2n) is 6.29. The molecule has 3 nitrogen and oxygen atoms in total. The van der Waals surface area contributed by atoms with Crippen LogP contribution in [0.2, 0.25) is 0 Å². The zero-order valence-corrected chi connectivity index (χ0v) is 14.2. The van der Waals surface area contributed by atoms with Crippen LogP contribution in [0.1, 0.15) is 29.2 Å². The van der Waals surface area contributed by atoms with Gasteiger partial charge in [-0.1, -0.05) is 30.3 Å². The lowest BCUT2D eigenvalue weighted by molar-refractivity contribution is -0.137. The second-order valence-corrected chi connectivity index (χ2v) is 6.29. The Labute approximate surface area is 150 Å². The van der Waals surface area contributed by atoms with Crippen LogP contribution in [0.5, 0.6) is 5.75 Å². The zero-order valence-electron chi connectivity index (χ0n) is 14.2. The molecule has 1 aliphatic rings. The number of rotatable bonds is 4. The molecule has 136 valence electrons. The standard InChI is InChI=1S/C20H19F3N2O/c21-20(22,23)16-6-3-7-17(13-16)26-19-14-25(11-4-10-24)12-9-15-5-1-2-8-18(15)19/h1-3,5-8,13,19H,4,9,11-12,14H2. The van der Waals surface area contributed by atoms with Crippen LogP contribution in [0.15, 0.2) is 48.5 Å². The van der Waals surface area contributed by atoms with E-state index in [1.54, 1.807) is 6.07 Å². The molecule has 26 heavy (non-hydrogen) atoms. The summed E-state index contributed by atoms with van der Waals surface area (Å²) in [7, 11) is 0. The second kappa shape index (κ2) is 7.79. The minimum atomic E-state index is -4.40. The molecule has 1 heterocycles. The first-order valence-corrected chi connectivity index (χ1v) is 8.48. The molecule has 2 aromatic carbocycles. The first kappa shape index (κ1) is 18.3. The molecule has 1 atom stereocenters. The Kier molecular flexibility index (Phi) is 5.48. The third-order valence-electron chi connectivity index (χ3n) is 4.50. The van der Waals surface area contributed by atoms with Gasteiger partial charge < -0.3 is 4.74 Å². The van der Waals surface area contributed by atoms with Gasteiger partial charge in [0, 0.05) is 26.1 Å². The van der Waals surface area contributed by atoms with Gasteiger partial charge in [-0.05, 0) is 35.7 Å². The van der Waals surface area contributed by atoms with Crippen LogP contribution in [0, 0.1) is 11.3 Å². The fraction of sp³-hybridized carbons (Fsp3) is 0.350. The summed E-state index contributed by atoms with van der Waals surface area (Å²) in [5.41, 5.74) is 1.39. The van der Waals surface area contributed by atoms with Gasteiger partial charge in [0.05, 0.1) is 11.6 Å². The first-order valence-electron chi connectivity index (χ1n) is 8.48. The van der Waals surface area contributed by atoms with Gasteiger partial charge >= 0.3 is 6.18 Å². The van der Waals surface area contributed by atoms with E-state index in [4.69, 9.17) is 10.00 Å². The molecule has 1 aliphatic heterocycles. The minimum absolute atomic E-state index is 0.196. The smallest absolute Gasteiger partial charge is 0.416 e. The third-order valence-corrected chi connectivity index (χ3v) is 4.50. The SMILES string of the molecule is N#CCCN1CCc2ccccc2C(Oc2cccc(C(F)(F)F)c2)C1. The zero-order chi connectivity index (χ0) is 18.6. The van der Waals surface area contributed by atoms with E-state index in [1.807, 2.05) is 24.3 Å². The maximum Gasteiger partial charge on any atom is 0.416 e. The van der Waals surface area contributed by atoms with Crippen molar-refractivity contribution in [1.29, 1.82) is 5.26 Å². The summed E-state index contributed by atoms with van der Waals surface area (Å²) in [6.45, 7) is 1.95. The Morgan fingerprint density at radius 3 is 2.73 bits per heavy atom. The topological polar surface area (TPSA) is 36.3 Å². The molecule has 0 fully saturated rings. The molecule has 0 N–H and O–H groups in total. The number of benzene rings is 2. The number of nitrogens with zero attached hydrogens (tertiary/aromatic N) is 2. The highest BCUT2D eigenvalue weighted by atomic mass is 19.4. The van der Waals surface area contributed by atoms with E-state index in [0.717, 1.165) is 36.2 Å². The van der Waals surface area contributed by atoms with Gasteiger partial charge in [0.15, 0.2) is 0 Å². The predicted octanol–water partition coefficient (Wildman–Crippen LogP) is 4.60. The largest absolute Gasteiger partial charge is 0.484 e. The van der Waals surface area contributed by atoms with Crippen molar-refractivity contribution in [3.8, 4) is 11.8 Å². The van der Waals surface area contributed by atoms with Crippen molar-refractivity contribution in [3.05, 3.63) is 65.2 Å². The van der Waals surface area contributed by atoms with E-state index in [9.17, 15) is 13.2 Å². The summed E-state index contributed by atoms with van der Waals surface area (Å²) < 4.78 is 44.9. The molecule has 3 rings (SSSR count). The molecule has 1 unspecified atom stereocenters. The summed E-state index contributed by atoms with van der Waals surface area (Å²) in [5.74, 6) is 0.196. The highest BCUT2D eigenvalue weighted by Gasteiger charge is 2.31. The van der Waals surface area contributed by atoms with Crippen LogP contribution in [0.25, 0.3) is 0 Å². The van der Waals surface area contributed by atoms with Crippen LogP contribution >= 0.6 is 0 Å². The van der Waals surface area contributed by atoms with Crippen molar-refractivity contribution in [2.24, 2.45) is 0 Å². The lowest BCUT2D eigenvalue weighted by Gasteiger charge is -2.25. The van der Waals surface area contributed by atoms with Crippen LogP contribution in [0.4, 0.5) is 13.2 Å². The molecule has 0 aromatic heterocycles. The predicted molar refractivity (Wildman–Crippen MR) is 91.6 cm³/mol. The van der Waals surface area contributed by atoms with Gasteiger partial charge in [-0.15, -0.1) is 0 Å². The maximum absolute atomic E-state index is 13.0. The summed E-state index contributed by atoms with van der Waals surface area (Å²) in [6.07, 6.45) is -3.55.